The summed E-state index contributed by atoms with van der Waals surface area (Å²) in [5.74, 6) is -8.70. The van der Waals surface area contributed by atoms with Gasteiger partial charge in [0.25, 0.3) is 5.92 Å². The van der Waals surface area contributed by atoms with Crippen LogP contribution in [0.3, 0.4) is 0 Å². The number of carbonyl (C=O) groups is 3. The Morgan fingerprint density at radius 2 is 1.66 bits per heavy atom. The van der Waals surface area contributed by atoms with Crippen LogP contribution in [0.2, 0.25) is 0 Å². The zero-order valence-corrected chi connectivity index (χ0v) is 19.3. The molecule has 2 amide bonds. The van der Waals surface area contributed by atoms with Crippen LogP contribution in [0.1, 0.15) is 43.2 Å². The summed E-state index contributed by atoms with van der Waals surface area (Å²) < 4.78 is 32.5. The molecule has 1 saturated carbocycles. The van der Waals surface area contributed by atoms with Crippen molar-refractivity contribution in [3.05, 3.63) is 59.7 Å². The van der Waals surface area contributed by atoms with Crippen LogP contribution in [0.5, 0.6) is 0 Å². The van der Waals surface area contributed by atoms with Crippen molar-refractivity contribution in [2.45, 2.75) is 44.1 Å². The number of halogens is 2. The molecule has 3 atom stereocenters. The number of carboxylic acids is 1. The number of ether oxygens (including phenoxy) is 1. The van der Waals surface area contributed by atoms with Crippen molar-refractivity contribution in [2.75, 3.05) is 13.2 Å². The third-order valence-electron chi connectivity index (χ3n) is 6.72. The number of nitrogens with one attached hydrogen (secondary N) is 2. The summed E-state index contributed by atoms with van der Waals surface area (Å²) in [5.41, 5.74) is 4.40. The number of aliphatic carboxylic acids is 1. The van der Waals surface area contributed by atoms with Gasteiger partial charge in [-0.05, 0) is 28.7 Å². The van der Waals surface area contributed by atoms with Crippen LogP contribution in [-0.2, 0) is 14.3 Å². The van der Waals surface area contributed by atoms with E-state index in [1.165, 1.54) is 0 Å². The Kier molecular flexibility index (Phi) is 7.05. The molecule has 35 heavy (non-hydrogen) atoms. The van der Waals surface area contributed by atoms with E-state index in [0.717, 1.165) is 22.3 Å². The molecule has 0 aromatic heterocycles. The number of hydrogen-bond acceptors (Lipinski definition) is 4. The predicted octanol–water partition coefficient (Wildman–Crippen LogP) is 4.17. The van der Waals surface area contributed by atoms with Gasteiger partial charge in [0.1, 0.15) is 12.5 Å². The average Bonchev–Trinajstić information content (AvgIpc) is 3.23. The maximum Gasteiger partial charge on any atom is 0.407 e. The molecule has 2 aliphatic rings. The Morgan fingerprint density at radius 3 is 2.20 bits per heavy atom. The Bertz CT molecular complexity index is 1080. The average molecular weight is 487 g/mol. The number of benzene rings is 2. The number of carbonyl (C=O) groups excluding carboxylic acids is 2. The lowest BCUT2D eigenvalue weighted by atomic mass is 9.98. The molecule has 1 fully saturated rings. The molecule has 0 heterocycles. The SMILES string of the molecule is CCCC(CC(=O)NCC1C(C(=O)O)C1(F)F)NC(=O)OCC1c2ccccc2-c2ccccc21. The summed E-state index contributed by atoms with van der Waals surface area (Å²) in [7, 11) is 0. The third-order valence-corrected chi connectivity index (χ3v) is 6.72. The first-order valence-corrected chi connectivity index (χ1v) is 11.7. The summed E-state index contributed by atoms with van der Waals surface area (Å²) in [6, 6.07) is 15.4. The van der Waals surface area contributed by atoms with Crippen molar-refractivity contribution >= 4 is 18.0 Å². The number of hydrogen-bond donors (Lipinski definition) is 3. The van der Waals surface area contributed by atoms with Crippen molar-refractivity contribution < 1.29 is 33.0 Å². The van der Waals surface area contributed by atoms with Crippen molar-refractivity contribution in [3.63, 3.8) is 0 Å². The summed E-state index contributed by atoms with van der Waals surface area (Å²) in [6.07, 6.45) is 0.407. The summed E-state index contributed by atoms with van der Waals surface area (Å²) in [6.45, 7) is 1.61. The number of alkyl halides is 2. The molecular formula is C26H28F2N2O5. The second kappa shape index (κ2) is 10.0. The molecule has 186 valence electrons. The van der Waals surface area contributed by atoms with Crippen LogP contribution in [0, 0.1) is 11.8 Å². The minimum Gasteiger partial charge on any atom is -0.481 e. The molecule has 2 aliphatic carbocycles. The van der Waals surface area contributed by atoms with Gasteiger partial charge in [-0.15, -0.1) is 0 Å². The van der Waals surface area contributed by atoms with E-state index in [1.807, 2.05) is 55.5 Å². The highest BCUT2D eigenvalue weighted by atomic mass is 19.3. The van der Waals surface area contributed by atoms with Crippen LogP contribution in [0.4, 0.5) is 13.6 Å². The van der Waals surface area contributed by atoms with Crippen LogP contribution in [-0.4, -0.2) is 48.2 Å². The maximum absolute atomic E-state index is 13.5. The van der Waals surface area contributed by atoms with Crippen LogP contribution >= 0.6 is 0 Å². The van der Waals surface area contributed by atoms with E-state index in [0.29, 0.717) is 12.8 Å². The fourth-order valence-electron chi connectivity index (χ4n) is 4.88. The Hall–Kier alpha value is -3.49. The number of amides is 2. The van der Waals surface area contributed by atoms with Gasteiger partial charge in [0.05, 0.1) is 5.92 Å². The van der Waals surface area contributed by atoms with E-state index < -0.39 is 48.3 Å². The third kappa shape index (κ3) is 5.13. The Balaban J connectivity index is 1.29. The highest BCUT2D eigenvalue weighted by Gasteiger charge is 2.72. The molecule has 3 unspecified atom stereocenters. The number of alkyl carbamates (subject to hydrolysis) is 1. The van der Waals surface area contributed by atoms with Gasteiger partial charge < -0.3 is 20.5 Å². The fourth-order valence-corrected chi connectivity index (χ4v) is 4.88. The molecule has 2 aromatic carbocycles. The highest BCUT2D eigenvalue weighted by Crippen LogP contribution is 2.54. The van der Waals surface area contributed by atoms with E-state index in [1.54, 1.807) is 0 Å². The first-order valence-electron chi connectivity index (χ1n) is 11.7. The van der Waals surface area contributed by atoms with E-state index in [4.69, 9.17) is 9.84 Å². The quantitative estimate of drug-likeness (QED) is 0.468. The zero-order valence-electron chi connectivity index (χ0n) is 19.3. The molecule has 0 radical (unpaired) electrons. The van der Waals surface area contributed by atoms with Crippen molar-refractivity contribution in [3.8, 4) is 11.1 Å². The Labute approximate surface area is 201 Å². The lowest BCUT2D eigenvalue weighted by molar-refractivity contribution is -0.141. The maximum atomic E-state index is 13.5. The normalized spacial score (nSPS) is 20.3. The highest BCUT2D eigenvalue weighted by molar-refractivity contribution is 5.80. The predicted molar refractivity (Wildman–Crippen MR) is 124 cm³/mol. The van der Waals surface area contributed by atoms with Gasteiger partial charge >= 0.3 is 12.1 Å². The first kappa shape index (κ1) is 24.6. The van der Waals surface area contributed by atoms with Crippen LogP contribution in [0.15, 0.2) is 48.5 Å². The van der Waals surface area contributed by atoms with Crippen molar-refractivity contribution in [1.82, 2.24) is 10.6 Å². The van der Waals surface area contributed by atoms with E-state index in [-0.39, 0.29) is 18.9 Å². The molecule has 9 heteroatoms. The second-order valence-electron chi connectivity index (χ2n) is 9.06. The van der Waals surface area contributed by atoms with Gasteiger partial charge in [0.15, 0.2) is 0 Å². The van der Waals surface area contributed by atoms with E-state index in [2.05, 4.69) is 10.6 Å². The molecule has 0 spiro atoms. The molecular weight excluding hydrogens is 458 g/mol. The smallest absolute Gasteiger partial charge is 0.407 e. The first-order chi connectivity index (χ1) is 16.7. The summed E-state index contributed by atoms with van der Waals surface area (Å²) in [4.78, 5) is 35.7. The number of carboxylic acid groups (broad SMARTS) is 1. The van der Waals surface area contributed by atoms with Gasteiger partial charge in [0.2, 0.25) is 5.91 Å². The largest absolute Gasteiger partial charge is 0.481 e. The standard InChI is InChI=1S/C26H28F2N2O5/c1-2-7-15(12-22(31)29-13-21-23(24(32)33)26(21,27)28)30-25(34)35-14-20-18-10-5-3-8-16(18)17-9-4-6-11-19(17)20/h3-6,8-11,15,20-21,23H,2,7,12-14H2,1H3,(H,29,31)(H,30,34)(H,32,33). The molecule has 4 rings (SSSR count). The fraction of sp³-hybridized carbons (Fsp3) is 0.423. The lowest BCUT2D eigenvalue weighted by Crippen LogP contribution is -2.40. The monoisotopic (exact) mass is 486 g/mol. The second-order valence-corrected chi connectivity index (χ2v) is 9.06. The van der Waals surface area contributed by atoms with Gasteiger partial charge in [-0.3, -0.25) is 9.59 Å². The van der Waals surface area contributed by atoms with Gasteiger partial charge in [-0.25, -0.2) is 13.6 Å². The summed E-state index contributed by atoms with van der Waals surface area (Å²) in [5, 5.41) is 13.9. The molecule has 2 aromatic rings. The van der Waals surface area contributed by atoms with Crippen LogP contribution in [0.25, 0.3) is 11.1 Å². The zero-order chi connectivity index (χ0) is 25.2. The van der Waals surface area contributed by atoms with E-state index in [9.17, 15) is 23.2 Å². The van der Waals surface area contributed by atoms with Gasteiger partial charge in [0, 0.05) is 24.9 Å². The number of fused-ring (bicyclic) bond motifs is 3. The molecule has 7 nitrogen and oxygen atoms in total. The van der Waals surface area contributed by atoms with Gasteiger partial charge in [-0.2, -0.15) is 0 Å². The minimum absolute atomic E-state index is 0.0940. The van der Waals surface area contributed by atoms with Gasteiger partial charge in [-0.1, -0.05) is 61.9 Å². The lowest BCUT2D eigenvalue weighted by Gasteiger charge is -2.19. The molecule has 0 bridgehead atoms. The molecule has 0 saturated heterocycles. The molecule has 3 N–H and O–H groups in total. The van der Waals surface area contributed by atoms with Crippen molar-refractivity contribution in [1.29, 1.82) is 0 Å². The minimum atomic E-state index is -3.32. The molecule has 0 aliphatic heterocycles. The number of rotatable bonds is 10. The van der Waals surface area contributed by atoms with Crippen molar-refractivity contribution in [2.24, 2.45) is 11.8 Å². The topological polar surface area (TPSA) is 105 Å². The van der Waals surface area contributed by atoms with Crippen LogP contribution < -0.4 is 10.6 Å². The van der Waals surface area contributed by atoms with E-state index >= 15 is 0 Å². The summed E-state index contributed by atoms with van der Waals surface area (Å²) >= 11 is 0. The Morgan fingerprint density at radius 1 is 1.06 bits per heavy atom.